The Labute approximate surface area is 186 Å². The zero-order valence-corrected chi connectivity index (χ0v) is 19.3. The molecule has 0 unspecified atom stereocenters. The van der Waals surface area contributed by atoms with Crippen LogP contribution in [0.4, 0.5) is 17.1 Å². The maximum Gasteiger partial charge on any atom is 0.494 e. The summed E-state index contributed by atoms with van der Waals surface area (Å²) in [5.41, 5.74) is 6.58. The molecule has 0 atom stereocenters. The molecule has 4 heteroatoms. The van der Waals surface area contributed by atoms with Crippen molar-refractivity contribution in [1.82, 2.24) is 0 Å². The maximum absolute atomic E-state index is 6.24. The molecule has 0 bridgehead atoms. The van der Waals surface area contributed by atoms with Crippen molar-refractivity contribution in [2.24, 2.45) is 0 Å². The van der Waals surface area contributed by atoms with Gasteiger partial charge < -0.3 is 14.2 Å². The number of para-hydroxylation sites is 2. The summed E-state index contributed by atoms with van der Waals surface area (Å²) in [6, 6.07) is 26.0. The molecule has 0 aliphatic carbocycles. The number of fused-ring (bicyclic) bond motifs is 2. The number of hydrogen-bond acceptors (Lipinski definition) is 3. The molecule has 5 rings (SSSR count). The van der Waals surface area contributed by atoms with E-state index in [0.717, 1.165) is 11.2 Å². The number of nitrogens with zero attached hydrogens (tertiary/aromatic N) is 1. The Morgan fingerprint density at radius 3 is 1.55 bits per heavy atom. The van der Waals surface area contributed by atoms with E-state index in [2.05, 4.69) is 119 Å². The van der Waals surface area contributed by atoms with E-state index in [0.29, 0.717) is 0 Å². The highest BCUT2D eigenvalue weighted by molar-refractivity contribution is 6.62. The van der Waals surface area contributed by atoms with Crippen molar-refractivity contribution in [2.45, 2.75) is 58.2 Å². The molecule has 0 aromatic heterocycles. The fraction of sp³-hybridized carbons (Fsp3) is 0.333. The second-order valence-corrected chi connectivity index (χ2v) is 10.2. The predicted octanol–water partition coefficient (Wildman–Crippen LogP) is 6.09. The molecule has 158 valence electrons. The average molecular weight is 411 g/mol. The summed E-state index contributed by atoms with van der Waals surface area (Å²) in [6.45, 7) is 13.0. The number of hydrogen-bond donors (Lipinski definition) is 0. The Balaban J connectivity index is 1.56. The summed E-state index contributed by atoms with van der Waals surface area (Å²) < 4.78 is 12.5. The second-order valence-electron chi connectivity index (χ2n) is 10.2. The van der Waals surface area contributed by atoms with Crippen LogP contribution < -0.4 is 10.4 Å². The van der Waals surface area contributed by atoms with E-state index >= 15 is 0 Å². The van der Waals surface area contributed by atoms with Crippen molar-refractivity contribution >= 4 is 29.6 Å². The van der Waals surface area contributed by atoms with Crippen molar-refractivity contribution in [3.63, 3.8) is 0 Å². The van der Waals surface area contributed by atoms with Crippen LogP contribution in [0.3, 0.4) is 0 Å². The van der Waals surface area contributed by atoms with Crippen LogP contribution in [0.1, 0.15) is 52.7 Å². The van der Waals surface area contributed by atoms with Gasteiger partial charge in [-0.05, 0) is 68.6 Å². The normalized spacial score (nSPS) is 20.3. The molecule has 31 heavy (non-hydrogen) atoms. The zero-order valence-electron chi connectivity index (χ0n) is 19.3. The molecule has 0 amide bonds. The molecule has 2 heterocycles. The first kappa shape index (κ1) is 20.4. The van der Waals surface area contributed by atoms with Crippen LogP contribution in [0.2, 0.25) is 0 Å². The summed E-state index contributed by atoms with van der Waals surface area (Å²) in [7, 11) is -0.348. The minimum atomic E-state index is -0.348. The van der Waals surface area contributed by atoms with Crippen LogP contribution in [0.25, 0.3) is 0 Å². The monoisotopic (exact) mass is 411 g/mol. The van der Waals surface area contributed by atoms with Crippen molar-refractivity contribution in [2.75, 3.05) is 4.90 Å². The van der Waals surface area contributed by atoms with Crippen LogP contribution in [-0.2, 0) is 14.7 Å². The third-order valence-corrected chi connectivity index (χ3v) is 7.31. The van der Waals surface area contributed by atoms with E-state index in [-0.39, 0.29) is 23.7 Å². The van der Waals surface area contributed by atoms with Gasteiger partial charge in [0.15, 0.2) is 0 Å². The Kier molecular flexibility index (Phi) is 4.41. The summed E-state index contributed by atoms with van der Waals surface area (Å²) in [4.78, 5) is 2.37. The quantitative estimate of drug-likeness (QED) is 0.476. The van der Waals surface area contributed by atoms with E-state index in [1.165, 1.54) is 22.5 Å². The van der Waals surface area contributed by atoms with E-state index in [1.807, 2.05) is 0 Å². The van der Waals surface area contributed by atoms with Gasteiger partial charge in [0, 0.05) is 11.1 Å². The van der Waals surface area contributed by atoms with Crippen molar-refractivity contribution in [3.8, 4) is 0 Å². The molecule has 0 saturated carbocycles. The molecule has 2 aliphatic heterocycles. The van der Waals surface area contributed by atoms with Gasteiger partial charge in [0.25, 0.3) is 0 Å². The zero-order chi connectivity index (χ0) is 22.0. The van der Waals surface area contributed by atoms with Crippen molar-refractivity contribution < 1.29 is 9.31 Å². The fourth-order valence-corrected chi connectivity index (χ4v) is 4.71. The lowest BCUT2D eigenvalue weighted by molar-refractivity contribution is 0.00578. The van der Waals surface area contributed by atoms with Gasteiger partial charge in [-0.1, -0.05) is 62.4 Å². The molecule has 0 spiro atoms. The molecular formula is C27H30BNO2. The van der Waals surface area contributed by atoms with Gasteiger partial charge in [-0.25, -0.2) is 0 Å². The molecule has 3 aromatic carbocycles. The van der Waals surface area contributed by atoms with E-state index in [4.69, 9.17) is 9.31 Å². The minimum Gasteiger partial charge on any atom is -0.399 e. The van der Waals surface area contributed by atoms with Crippen LogP contribution in [-0.4, -0.2) is 18.3 Å². The Morgan fingerprint density at radius 1 is 0.613 bits per heavy atom. The standard InChI is InChI=1S/C27H30BNO2/c1-25(2)21-11-7-9-13-23(21)29(24-14-10-8-12-22(24)25)20-17-15-19(16-18-20)28-30-26(3,4)27(5,6)31-28/h7-18H,1-6H3. The SMILES string of the molecule is CC1(C)c2ccccc2N(c2ccc(B3OC(C)(C)C(C)(C)O3)cc2)c2ccccc21. The largest absolute Gasteiger partial charge is 0.494 e. The van der Waals surface area contributed by atoms with Gasteiger partial charge in [0.05, 0.1) is 22.6 Å². The van der Waals surface area contributed by atoms with Crippen LogP contribution in [0.15, 0.2) is 72.8 Å². The lowest BCUT2D eigenvalue weighted by Gasteiger charge is -2.42. The first-order chi connectivity index (χ1) is 14.6. The molecule has 2 aliphatic rings. The van der Waals surface area contributed by atoms with Gasteiger partial charge in [-0.15, -0.1) is 0 Å². The molecule has 3 nitrogen and oxygen atoms in total. The molecule has 1 fully saturated rings. The Hall–Kier alpha value is -2.56. The van der Waals surface area contributed by atoms with E-state index in [9.17, 15) is 0 Å². The highest BCUT2D eigenvalue weighted by Gasteiger charge is 2.51. The number of anilines is 3. The van der Waals surface area contributed by atoms with Gasteiger partial charge in [0.1, 0.15) is 0 Å². The Bertz CT molecular complexity index is 1070. The summed E-state index contributed by atoms with van der Waals surface area (Å²) in [5.74, 6) is 0. The first-order valence-electron chi connectivity index (χ1n) is 11.1. The van der Waals surface area contributed by atoms with E-state index < -0.39 is 0 Å². The van der Waals surface area contributed by atoms with E-state index in [1.54, 1.807) is 0 Å². The summed E-state index contributed by atoms with van der Waals surface area (Å²) in [6.07, 6.45) is 0. The number of benzene rings is 3. The maximum atomic E-state index is 6.24. The third kappa shape index (κ3) is 3.04. The predicted molar refractivity (Wildman–Crippen MR) is 129 cm³/mol. The van der Waals surface area contributed by atoms with Crippen LogP contribution in [0, 0.1) is 0 Å². The first-order valence-corrected chi connectivity index (χ1v) is 11.1. The lowest BCUT2D eigenvalue weighted by atomic mass is 9.73. The van der Waals surface area contributed by atoms with Crippen molar-refractivity contribution in [3.05, 3.63) is 83.9 Å². The second kappa shape index (κ2) is 6.72. The highest BCUT2D eigenvalue weighted by Crippen LogP contribution is 2.51. The Morgan fingerprint density at radius 2 is 1.06 bits per heavy atom. The lowest BCUT2D eigenvalue weighted by Crippen LogP contribution is -2.41. The summed E-state index contributed by atoms with van der Waals surface area (Å²) in [5, 5.41) is 0. The van der Waals surface area contributed by atoms with Crippen molar-refractivity contribution in [1.29, 1.82) is 0 Å². The van der Waals surface area contributed by atoms with Gasteiger partial charge in [0.2, 0.25) is 0 Å². The third-order valence-electron chi connectivity index (χ3n) is 7.31. The fourth-order valence-electron chi connectivity index (χ4n) is 4.71. The van der Waals surface area contributed by atoms with Crippen LogP contribution >= 0.6 is 0 Å². The molecule has 3 aromatic rings. The molecular weight excluding hydrogens is 381 g/mol. The summed E-state index contributed by atoms with van der Waals surface area (Å²) >= 11 is 0. The molecule has 1 saturated heterocycles. The van der Waals surface area contributed by atoms with Gasteiger partial charge in [-0.3, -0.25) is 0 Å². The highest BCUT2D eigenvalue weighted by atomic mass is 16.7. The van der Waals surface area contributed by atoms with Crippen LogP contribution in [0.5, 0.6) is 0 Å². The van der Waals surface area contributed by atoms with Gasteiger partial charge >= 0.3 is 7.12 Å². The minimum absolute atomic E-state index is 0.0493. The average Bonchev–Trinajstić information content (AvgIpc) is 2.96. The van der Waals surface area contributed by atoms with Gasteiger partial charge in [-0.2, -0.15) is 0 Å². The molecule has 0 radical (unpaired) electrons. The smallest absolute Gasteiger partial charge is 0.399 e. The molecule has 0 N–H and O–H groups in total. The topological polar surface area (TPSA) is 21.7 Å². The number of rotatable bonds is 2.